The topological polar surface area (TPSA) is 69.0 Å². The highest BCUT2D eigenvalue weighted by Gasteiger charge is 2.30. The van der Waals surface area contributed by atoms with Crippen LogP contribution in [0, 0.1) is 0 Å². The molecule has 158 valence electrons. The van der Waals surface area contributed by atoms with Gasteiger partial charge in [-0.1, -0.05) is 48.2 Å². The Balaban J connectivity index is 1.69. The molecule has 1 amide bonds. The molecule has 1 aromatic heterocycles. The molecule has 0 fully saturated rings. The summed E-state index contributed by atoms with van der Waals surface area (Å²) in [6, 6.07) is 14.0. The largest absolute Gasteiger partial charge is 0.416 e. The lowest BCUT2D eigenvalue weighted by Crippen LogP contribution is -2.16. The fraction of sp³-hybridized carbons (Fsp3) is 0.250. The van der Waals surface area contributed by atoms with Gasteiger partial charge >= 0.3 is 6.18 Å². The molecule has 0 aliphatic rings. The summed E-state index contributed by atoms with van der Waals surface area (Å²) in [5, 5.41) is 11.4. The molecule has 2 aromatic carbocycles. The van der Waals surface area contributed by atoms with Crippen molar-refractivity contribution in [2.75, 3.05) is 24.8 Å². The predicted molar refractivity (Wildman–Crippen MR) is 108 cm³/mol. The lowest BCUT2D eigenvalue weighted by molar-refractivity contribution is -0.137. The summed E-state index contributed by atoms with van der Waals surface area (Å²) in [7, 11) is 1.59. The number of carbonyl (C=O) groups excluding carboxylic acids is 1. The highest BCUT2D eigenvalue weighted by Crippen LogP contribution is 2.31. The minimum atomic E-state index is -4.47. The van der Waals surface area contributed by atoms with Crippen molar-refractivity contribution in [1.82, 2.24) is 14.8 Å². The average Bonchev–Trinajstić information content (AvgIpc) is 3.13. The number of hydrogen-bond acceptors (Lipinski definition) is 5. The predicted octanol–water partition coefficient (Wildman–Crippen LogP) is 4.34. The quantitative estimate of drug-likeness (QED) is 0.532. The van der Waals surface area contributed by atoms with Gasteiger partial charge in [-0.3, -0.25) is 9.36 Å². The molecule has 0 spiro atoms. The Bertz CT molecular complexity index is 993. The number of nitrogens with zero attached hydrogens (tertiary/aromatic N) is 3. The molecule has 1 N–H and O–H groups in total. The van der Waals surface area contributed by atoms with Crippen molar-refractivity contribution < 1.29 is 22.7 Å². The van der Waals surface area contributed by atoms with Crippen LogP contribution in [0.2, 0.25) is 0 Å². The third-order valence-corrected chi connectivity index (χ3v) is 5.04. The standard InChI is InChI=1S/C20H19F3N4O2S/c1-29-11-10-27-18(14-6-3-2-4-7-14)25-26-19(27)30-13-17(28)24-16-9-5-8-15(12-16)20(21,22)23/h2-9,12H,10-11,13H2,1H3,(H,24,28). The first kappa shape index (κ1) is 21.8. The van der Waals surface area contributed by atoms with Crippen molar-refractivity contribution in [3.8, 4) is 11.4 Å². The first-order valence-corrected chi connectivity index (χ1v) is 9.94. The van der Waals surface area contributed by atoms with Gasteiger partial charge < -0.3 is 10.1 Å². The van der Waals surface area contributed by atoms with E-state index >= 15 is 0 Å². The number of methoxy groups -OCH3 is 1. The summed E-state index contributed by atoms with van der Waals surface area (Å²) in [6.45, 7) is 0.924. The van der Waals surface area contributed by atoms with Crippen LogP contribution in [0.3, 0.4) is 0 Å². The SMILES string of the molecule is COCCn1c(SCC(=O)Nc2cccc(C(F)(F)F)c2)nnc1-c1ccccc1. The van der Waals surface area contributed by atoms with E-state index in [1.54, 1.807) is 7.11 Å². The van der Waals surface area contributed by atoms with E-state index in [4.69, 9.17) is 4.74 Å². The molecule has 10 heteroatoms. The number of ether oxygens (including phenoxy) is 1. The average molecular weight is 436 g/mol. The number of thioether (sulfide) groups is 1. The molecule has 0 radical (unpaired) electrons. The van der Waals surface area contributed by atoms with Gasteiger partial charge in [0.25, 0.3) is 0 Å². The van der Waals surface area contributed by atoms with Gasteiger partial charge in [0.2, 0.25) is 5.91 Å². The number of aromatic nitrogens is 3. The van der Waals surface area contributed by atoms with Gasteiger partial charge in [0.15, 0.2) is 11.0 Å². The van der Waals surface area contributed by atoms with Gasteiger partial charge in [0, 0.05) is 18.4 Å². The van der Waals surface area contributed by atoms with Crippen LogP contribution < -0.4 is 5.32 Å². The zero-order valence-electron chi connectivity index (χ0n) is 16.0. The number of anilines is 1. The second kappa shape index (κ2) is 9.77. The second-order valence-electron chi connectivity index (χ2n) is 6.23. The van der Waals surface area contributed by atoms with E-state index in [9.17, 15) is 18.0 Å². The number of nitrogens with one attached hydrogen (secondary N) is 1. The Hall–Kier alpha value is -2.85. The van der Waals surface area contributed by atoms with E-state index < -0.39 is 17.6 Å². The number of benzene rings is 2. The Morgan fingerprint density at radius 1 is 1.13 bits per heavy atom. The molecule has 0 atom stereocenters. The highest BCUT2D eigenvalue weighted by atomic mass is 32.2. The number of alkyl halides is 3. The second-order valence-corrected chi connectivity index (χ2v) is 7.17. The minimum absolute atomic E-state index is 0.0316. The van der Waals surface area contributed by atoms with E-state index in [0.717, 1.165) is 29.5 Å². The van der Waals surface area contributed by atoms with E-state index in [2.05, 4.69) is 15.5 Å². The van der Waals surface area contributed by atoms with Gasteiger partial charge in [0.05, 0.1) is 24.5 Å². The molecule has 1 heterocycles. The third-order valence-electron chi connectivity index (χ3n) is 4.07. The molecule has 3 rings (SSSR count). The van der Waals surface area contributed by atoms with Crippen LogP contribution in [0.5, 0.6) is 0 Å². The summed E-state index contributed by atoms with van der Waals surface area (Å²) >= 11 is 1.15. The minimum Gasteiger partial charge on any atom is -0.383 e. The Kier molecular flexibility index (Phi) is 7.11. The smallest absolute Gasteiger partial charge is 0.383 e. The summed E-state index contributed by atoms with van der Waals surface area (Å²) in [4.78, 5) is 12.3. The van der Waals surface area contributed by atoms with E-state index in [-0.39, 0.29) is 11.4 Å². The number of halogens is 3. The zero-order chi connectivity index (χ0) is 21.6. The molecule has 0 saturated carbocycles. The van der Waals surface area contributed by atoms with Crippen molar-refractivity contribution >= 4 is 23.4 Å². The molecule has 0 bridgehead atoms. The van der Waals surface area contributed by atoms with Crippen LogP contribution in [0.4, 0.5) is 18.9 Å². The zero-order valence-corrected chi connectivity index (χ0v) is 16.8. The van der Waals surface area contributed by atoms with Crippen molar-refractivity contribution in [2.45, 2.75) is 17.9 Å². The lowest BCUT2D eigenvalue weighted by Gasteiger charge is -2.11. The van der Waals surface area contributed by atoms with Gasteiger partial charge in [-0.25, -0.2) is 0 Å². The first-order valence-electron chi connectivity index (χ1n) is 8.96. The summed E-state index contributed by atoms with van der Waals surface area (Å²) < 4.78 is 45.5. The van der Waals surface area contributed by atoms with Gasteiger partial charge in [0.1, 0.15) is 0 Å². The normalized spacial score (nSPS) is 11.5. The van der Waals surface area contributed by atoms with Gasteiger partial charge in [-0.05, 0) is 18.2 Å². The third kappa shape index (κ3) is 5.61. The van der Waals surface area contributed by atoms with Crippen LogP contribution in [-0.4, -0.2) is 40.1 Å². The molecule has 0 aliphatic carbocycles. The number of carbonyl (C=O) groups is 1. The molecular weight excluding hydrogens is 417 g/mol. The Labute approximate surface area is 175 Å². The molecule has 0 saturated heterocycles. The van der Waals surface area contributed by atoms with Crippen LogP contribution in [0.25, 0.3) is 11.4 Å². The van der Waals surface area contributed by atoms with E-state index in [0.29, 0.717) is 24.1 Å². The van der Waals surface area contributed by atoms with Crippen LogP contribution in [-0.2, 0) is 22.3 Å². The number of amides is 1. The van der Waals surface area contributed by atoms with Crippen molar-refractivity contribution in [3.05, 3.63) is 60.2 Å². The van der Waals surface area contributed by atoms with Crippen LogP contribution in [0.1, 0.15) is 5.56 Å². The maximum Gasteiger partial charge on any atom is 0.416 e. The highest BCUT2D eigenvalue weighted by molar-refractivity contribution is 7.99. The number of rotatable bonds is 8. The summed E-state index contributed by atoms with van der Waals surface area (Å²) in [5.41, 5.74) is 0.141. The summed E-state index contributed by atoms with van der Waals surface area (Å²) in [6.07, 6.45) is -4.47. The number of hydrogen-bond donors (Lipinski definition) is 1. The fourth-order valence-electron chi connectivity index (χ4n) is 2.68. The van der Waals surface area contributed by atoms with Crippen LogP contribution >= 0.6 is 11.8 Å². The Morgan fingerprint density at radius 2 is 1.90 bits per heavy atom. The summed E-state index contributed by atoms with van der Waals surface area (Å²) in [5.74, 6) is 0.172. The van der Waals surface area contributed by atoms with Gasteiger partial charge in [-0.15, -0.1) is 10.2 Å². The van der Waals surface area contributed by atoms with Crippen LogP contribution in [0.15, 0.2) is 59.8 Å². The van der Waals surface area contributed by atoms with Crippen molar-refractivity contribution in [3.63, 3.8) is 0 Å². The van der Waals surface area contributed by atoms with E-state index in [1.807, 2.05) is 34.9 Å². The van der Waals surface area contributed by atoms with E-state index in [1.165, 1.54) is 12.1 Å². The monoisotopic (exact) mass is 436 g/mol. The first-order chi connectivity index (χ1) is 14.4. The molecular formula is C20H19F3N4O2S. The molecule has 6 nitrogen and oxygen atoms in total. The fourth-order valence-corrected chi connectivity index (χ4v) is 3.45. The van der Waals surface area contributed by atoms with Crippen molar-refractivity contribution in [2.24, 2.45) is 0 Å². The maximum absolute atomic E-state index is 12.8. The van der Waals surface area contributed by atoms with Crippen molar-refractivity contribution in [1.29, 1.82) is 0 Å². The molecule has 30 heavy (non-hydrogen) atoms. The Morgan fingerprint density at radius 3 is 2.60 bits per heavy atom. The maximum atomic E-state index is 12.8. The molecule has 0 unspecified atom stereocenters. The lowest BCUT2D eigenvalue weighted by atomic mass is 10.2. The molecule has 0 aliphatic heterocycles. The van der Waals surface area contributed by atoms with Gasteiger partial charge in [-0.2, -0.15) is 13.2 Å². The molecule has 3 aromatic rings.